The second-order valence-electron chi connectivity index (χ2n) is 11.7. The SMILES string of the molecule is O=C(O)CCOCCOCCOCCOCCOCCOCCOCCOCCOCCOCCOCCOCCOCCOCCOCCOCCOCCC(=O)O. The van der Waals surface area contributed by atoms with Gasteiger partial charge in [0, 0.05) is 0 Å². The summed E-state index contributed by atoms with van der Waals surface area (Å²) in [7, 11) is 0. The van der Waals surface area contributed by atoms with Crippen molar-refractivity contribution in [2.75, 3.05) is 225 Å². The number of rotatable bonds is 54. The lowest BCUT2D eigenvalue weighted by atomic mass is 10.5. The summed E-state index contributed by atoms with van der Waals surface area (Å²) in [6.07, 6.45) is -0.0180. The molecule has 0 spiro atoms. The summed E-state index contributed by atoms with van der Waals surface area (Å²) in [5, 5.41) is 17.0. The molecule has 0 rings (SSSR count). The van der Waals surface area contributed by atoms with Crippen molar-refractivity contribution < 1.29 is 100 Å². The van der Waals surface area contributed by atoms with Crippen LogP contribution in [0.15, 0.2) is 0 Å². The number of carboxylic acids is 2. The van der Waals surface area contributed by atoms with Gasteiger partial charge in [0.1, 0.15) is 0 Å². The summed E-state index contributed by atoms with van der Waals surface area (Å²) >= 11 is 0. The van der Waals surface area contributed by atoms with Crippen LogP contribution in [0.1, 0.15) is 12.8 Å². The lowest BCUT2D eigenvalue weighted by molar-refractivity contribution is -0.139. The maximum Gasteiger partial charge on any atom is 0.305 e. The molecular formula is C38H74O21. The summed E-state index contributed by atoms with van der Waals surface area (Å²) in [5.74, 6) is -1.76. The van der Waals surface area contributed by atoms with Gasteiger partial charge < -0.3 is 90.7 Å². The summed E-state index contributed by atoms with van der Waals surface area (Å²) in [6.45, 7) is 15.1. The highest BCUT2D eigenvalue weighted by Crippen LogP contribution is 1.90. The third kappa shape index (κ3) is 56.3. The van der Waals surface area contributed by atoms with E-state index in [2.05, 4.69) is 0 Å². The molecule has 0 fully saturated rings. The highest BCUT2D eigenvalue weighted by molar-refractivity contribution is 5.67. The maximum atomic E-state index is 10.4. The minimum atomic E-state index is -0.880. The molecule has 0 unspecified atom stereocenters. The van der Waals surface area contributed by atoms with E-state index in [1.807, 2.05) is 0 Å². The van der Waals surface area contributed by atoms with E-state index in [4.69, 9.17) is 90.7 Å². The predicted molar refractivity (Wildman–Crippen MR) is 208 cm³/mol. The largest absolute Gasteiger partial charge is 0.481 e. The Morgan fingerprint density at radius 3 is 0.356 bits per heavy atom. The summed E-state index contributed by atoms with van der Waals surface area (Å²) in [4.78, 5) is 20.7. The molecule has 0 atom stereocenters. The van der Waals surface area contributed by atoms with Gasteiger partial charge in [-0.05, 0) is 0 Å². The van der Waals surface area contributed by atoms with Gasteiger partial charge in [0.15, 0.2) is 0 Å². The van der Waals surface area contributed by atoms with E-state index in [9.17, 15) is 9.59 Å². The average molecular weight is 867 g/mol. The number of hydrogen-bond donors (Lipinski definition) is 2. The zero-order valence-electron chi connectivity index (χ0n) is 35.1. The summed E-state index contributed by atoms with van der Waals surface area (Å²) in [5.41, 5.74) is 0. The fourth-order valence-electron chi connectivity index (χ4n) is 3.94. The second-order valence-corrected chi connectivity index (χ2v) is 11.7. The minimum absolute atomic E-state index is 0.00899. The molecule has 0 aliphatic rings. The van der Waals surface area contributed by atoms with Crippen LogP contribution in [0.5, 0.6) is 0 Å². The first kappa shape index (κ1) is 57.3. The van der Waals surface area contributed by atoms with Crippen LogP contribution < -0.4 is 0 Å². The predicted octanol–water partition coefficient (Wildman–Crippen LogP) is 0.218. The van der Waals surface area contributed by atoms with Crippen LogP contribution in [0.25, 0.3) is 0 Å². The Morgan fingerprint density at radius 2 is 0.271 bits per heavy atom. The molecular weight excluding hydrogens is 792 g/mol. The smallest absolute Gasteiger partial charge is 0.305 e. The van der Waals surface area contributed by atoms with Gasteiger partial charge >= 0.3 is 11.9 Å². The molecule has 59 heavy (non-hydrogen) atoms. The monoisotopic (exact) mass is 866 g/mol. The van der Waals surface area contributed by atoms with Crippen LogP contribution in [0, 0.1) is 0 Å². The molecule has 0 aliphatic heterocycles. The molecule has 0 aromatic heterocycles. The molecule has 0 radical (unpaired) electrons. The molecule has 0 aromatic carbocycles. The fraction of sp³-hybridized carbons (Fsp3) is 0.947. The van der Waals surface area contributed by atoms with E-state index in [1.165, 1.54) is 0 Å². The molecule has 0 amide bonds. The van der Waals surface area contributed by atoms with E-state index < -0.39 is 11.9 Å². The number of carboxylic acid groups (broad SMARTS) is 2. The highest BCUT2D eigenvalue weighted by Gasteiger charge is 2.00. The third-order valence-electron chi connectivity index (χ3n) is 6.87. The second kappa shape index (κ2) is 52.4. The molecule has 2 N–H and O–H groups in total. The Morgan fingerprint density at radius 1 is 0.186 bits per heavy atom. The highest BCUT2D eigenvalue weighted by atomic mass is 16.6. The first-order chi connectivity index (χ1) is 29.1. The van der Waals surface area contributed by atoms with Gasteiger partial charge in [-0.25, -0.2) is 0 Å². The van der Waals surface area contributed by atoms with E-state index in [-0.39, 0.29) is 26.1 Å². The van der Waals surface area contributed by atoms with Gasteiger partial charge in [0.2, 0.25) is 0 Å². The van der Waals surface area contributed by atoms with E-state index >= 15 is 0 Å². The first-order valence-corrected chi connectivity index (χ1v) is 20.4. The molecule has 21 heteroatoms. The first-order valence-electron chi connectivity index (χ1n) is 20.4. The topological polar surface area (TPSA) is 232 Å². The van der Waals surface area contributed by atoms with Crippen molar-refractivity contribution in [1.82, 2.24) is 0 Å². The van der Waals surface area contributed by atoms with Crippen molar-refractivity contribution in [2.45, 2.75) is 12.8 Å². The lowest BCUT2D eigenvalue weighted by Gasteiger charge is -2.09. The molecule has 0 aromatic rings. The number of ether oxygens (including phenoxy) is 17. The zero-order valence-corrected chi connectivity index (χ0v) is 35.1. The Hall–Kier alpha value is -1.74. The van der Waals surface area contributed by atoms with Gasteiger partial charge in [-0.3, -0.25) is 9.59 Å². The molecule has 352 valence electrons. The van der Waals surface area contributed by atoms with Crippen molar-refractivity contribution in [3.8, 4) is 0 Å². The van der Waals surface area contributed by atoms with Crippen LogP contribution in [0.3, 0.4) is 0 Å². The van der Waals surface area contributed by atoms with Gasteiger partial charge in [0.05, 0.1) is 237 Å². The molecule has 0 bridgehead atoms. The average Bonchev–Trinajstić information content (AvgIpc) is 3.22. The Balaban J connectivity index is 3.07. The number of carbonyl (C=O) groups is 2. The van der Waals surface area contributed by atoms with Crippen molar-refractivity contribution in [3.63, 3.8) is 0 Å². The Bertz CT molecular complexity index is 766. The third-order valence-corrected chi connectivity index (χ3v) is 6.87. The van der Waals surface area contributed by atoms with Gasteiger partial charge in [-0.1, -0.05) is 0 Å². The normalized spacial score (nSPS) is 11.5. The molecule has 0 saturated carbocycles. The van der Waals surface area contributed by atoms with Crippen LogP contribution >= 0.6 is 0 Å². The molecule has 0 saturated heterocycles. The van der Waals surface area contributed by atoms with Gasteiger partial charge in [-0.15, -0.1) is 0 Å². The Kier molecular flexibility index (Phi) is 50.9. The van der Waals surface area contributed by atoms with Gasteiger partial charge in [0.25, 0.3) is 0 Å². The number of aliphatic carboxylic acids is 2. The van der Waals surface area contributed by atoms with Crippen molar-refractivity contribution in [3.05, 3.63) is 0 Å². The number of hydrogen-bond acceptors (Lipinski definition) is 19. The maximum absolute atomic E-state index is 10.4. The van der Waals surface area contributed by atoms with Gasteiger partial charge in [-0.2, -0.15) is 0 Å². The molecule has 21 nitrogen and oxygen atoms in total. The van der Waals surface area contributed by atoms with Crippen LogP contribution in [-0.2, 0) is 90.1 Å². The molecule has 0 heterocycles. The van der Waals surface area contributed by atoms with Crippen molar-refractivity contribution in [1.29, 1.82) is 0 Å². The minimum Gasteiger partial charge on any atom is -0.481 e. The van der Waals surface area contributed by atoms with Crippen LogP contribution in [-0.4, -0.2) is 247 Å². The van der Waals surface area contributed by atoms with E-state index in [0.29, 0.717) is 211 Å². The quantitative estimate of drug-likeness (QED) is 0.0779. The Labute approximate surface area is 349 Å². The van der Waals surface area contributed by atoms with E-state index in [0.717, 1.165) is 0 Å². The fourth-order valence-corrected chi connectivity index (χ4v) is 3.94. The summed E-state index contributed by atoms with van der Waals surface area (Å²) < 4.78 is 91.8. The van der Waals surface area contributed by atoms with Crippen molar-refractivity contribution in [2.24, 2.45) is 0 Å². The molecule has 0 aliphatic carbocycles. The van der Waals surface area contributed by atoms with E-state index in [1.54, 1.807) is 0 Å². The van der Waals surface area contributed by atoms with Crippen LogP contribution in [0.2, 0.25) is 0 Å². The standard InChI is InChI=1S/C38H74O21/c39-37(40)1-3-43-5-7-45-9-11-47-13-15-49-17-19-51-21-23-53-25-27-55-29-31-57-33-35-59-36-34-58-32-30-56-28-26-54-24-22-52-20-18-50-16-14-48-12-10-46-8-6-44-4-2-38(41)42/h1-36H2,(H,39,40)(H,41,42). The van der Waals surface area contributed by atoms with Crippen molar-refractivity contribution >= 4 is 11.9 Å². The summed E-state index contributed by atoms with van der Waals surface area (Å²) in [6, 6.07) is 0. The lowest BCUT2D eigenvalue weighted by Crippen LogP contribution is -2.16. The zero-order chi connectivity index (χ0) is 42.6. The van der Waals surface area contributed by atoms with Crippen LogP contribution in [0.4, 0.5) is 0 Å².